The Balaban J connectivity index is 1.36. The van der Waals surface area contributed by atoms with Crippen molar-refractivity contribution >= 4 is 17.8 Å². The Hall–Kier alpha value is -3.39. The number of carboxylic acid groups (broad SMARTS) is 1. The van der Waals surface area contributed by atoms with Crippen LogP contribution >= 0.6 is 0 Å². The predicted molar refractivity (Wildman–Crippen MR) is 150 cm³/mol. The van der Waals surface area contributed by atoms with Gasteiger partial charge in [0.2, 0.25) is 5.91 Å². The van der Waals surface area contributed by atoms with E-state index in [1.807, 2.05) is 63.2 Å². The first-order valence-electron chi connectivity index (χ1n) is 13.9. The van der Waals surface area contributed by atoms with Crippen molar-refractivity contribution in [2.24, 2.45) is 11.3 Å². The molecule has 39 heavy (non-hydrogen) atoms. The Bertz CT molecular complexity index is 1150. The molecule has 0 bridgehead atoms. The van der Waals surface area contributed by atoms with Crippen molar-refractivity contribution in [2.75, 3.05) is 32.7 Å². The van der Waals surface area contributed by atoms with Crippen molar-refractivity contribution in [1.82, 2.24) is 15.1 Å². The molecule has 1 saturated heterocycles. The van der Waals surface area contributed by atoms with Gasteiger partial charge in [-0.3, -0.25) is 14.5 Å². The van der Waals surface area contributed by atoms with Gasteiger partial charge in [-0.2, -0.15) is 0 Å². The van der Waals surface area contributed by atoms with Crippen molar-refractivity contribution in [3.8, 4) is 5.75 Å². The molecule has 4 rings (SSSR count). The van der Waals surface area contributed by atoms with E-state index in [-0.39, 0.29) is 23.7 Å². The topological polar surface area (TPSA) is 99.2 Å². The number of benzene rings is 2. The van der Waals surface area contributed by atoms with Crippen molar-refractivity contribution in [2.45, 2.75) is 58.6 Å². The first-order chi connectivity index (χ1) is 18.5. The van der Waals surface area contributed by atoms with Gasteiger partial charge in [0, 0.05) is 50.6 Å². The van der Waals surface area contributed by atoms with Gasteiger partial charge in [-0.05, 0) is 55.0 Å². The number of hydrogen-bond donors (Lipinski definition) is 2. The van der Waals surface area contributed by atoms with E-state index in [1.54, 1.807) is 11.8 Å². The highest BCUT2D eigenvalue weighted by atomic mass is 16.5. The summed E-state index contributed by atoms with van der Waals surface area (Å²) in [6.45, 7) is 10.6. The third-order valence-electron chi connectivity index (χ3n) is 8.19. The van der Waals surface area contributed by atoms with E-state index in [1.165, 1.54) is 0 Å². The molecule has 1 heterocycles. The fourth-order valence-corrected chi connectivity index (χ4v) is 4.97. The van der Waals surface area contributed by atoms with Gasteiger partial charge in [0.15, 0.2) is 5.78 Å². The van der Waals surface area contributed by atoms with Gasteiger partial charge in [-0.15, -0.1) is 0 Å². The standard InChI is InChI=1S/C31H41N3O5/c1-30(2,3)31(4,32-29(37)38)28(36)34-20-18-33(19-21-34)17-16-26(22-8-6-5-7-9-22)39-25-14-12-24(13-15-25)27(35)23-10-11-23/h5-9,12-15,23,26,32H,10-11,16-21H2,1-4H3,(H,37,38)/t26-,31-/m0/s1. The molecule has 2 aliphatic rings. The summed E-state index contributed by atoms with van der Waals surface area (Å²) in [7, 11) is 0. The molecule has 0 aromatic heterocycles. The molecule has 2 aromatic rings. The third-order valence-corrected chi connectivity index (χ3v) is 8.19. The zero-order valence-electron chi connectivity index (χ0n) is 23.5. The molecule has 2 N–H and O–H groups in total. The van der Waals surface area contributed by atoms with Crippen LogP contribution in [0, 0.1) is 11.3 Å². The molecule has 2 amide bonds. The predicted octanol–water partition coefficient (Wildman–Crippen LogP) is 5.01. The first kappa shape index (κ1) is 28.6. The second kappa shape index (κ2) is 11.8. The Morgan fingerprint density at radius 3 is 2.10 bits per heavy atom. The monoisotopic (exact) mass is 535 g/mol. The number of Topliss-reactive ketones (excluding diaryl/α,β-unsaturated/α-hetero) is 1. The van der Waals surface area contributed by atoms with Crippen LogP contribution in [0.2, 0.25) is 0 Å². The maximum absolute atomic E-state index is 13.4. The number of carbonyl (C=O) groups excluding carboxylic acids is 2. The lowest BCUT2D eigenvalue weighted by Gasteiger charge is -2.45. The molecule has 1 saturated carbocycles. The minimum atomic E-state index is -1.22. The third kappa shape index (κ3) is 6.98. The summed E-state index contributed by atoms with van der Waals surface area (Å²) < 4.78 is 6.41. The number of hydrogen-bond acceptors (Lipinski definition) is 5. The van der Waals surface area contributed by atoms with Crippen LogP contribution in [0.25, 0.3) is 0 Å². The highest BCUT2D eigenvalue weighted by Crippen LogP contribution is 2.34. The van der Waals surface area contributed by atoms with Crippen LogP contribution in [-0.2, 0) is 4.79 Å². The summed E-state index contributed by atoms with van der Waals surface area (Å²) in [4.78, 5) is 41.3. The highest BCUT2D eigenvalue weighted by Gasteiger charge is 2.48. The number of rotatable bonds is 10. The van der Waals surface area contributed by atoms with Crippen molar-refractivity contribution < 1.29 is 24.2 Å². The molecule has 8 nitrogen and oxygen atoms in total. The molecular weight excluding hydrogens is 494 g/mol. The smallest absolute Gasteiger partial charge is 0.405 e. The summed E-state index contributed by atoms with van der Waals surface area (Å²) in [6, 6.07) is 17.6. The number of nitrogens with one attached hydrogen (secondary N) is 1. The Morgan fingerprint density at radius 1 is 0.949 bits per heavy atom. The zero-order valence-corrected chi connectivity index (χ0v) is 23.5. The van der Waals surface area contributed by atoms with E-state index >= 15 is 0 Å². The highest BCUT2D eigenvalue weighted by molar-refractivity contribution is 5.99. The van der Waals surface area contributed by atoms with Gasteiger partial charge >= 0.3 is 6.09 Å². The Kier molecular flexibility index (Phi) is 8.64. The van der Waals surface area contributed by atoms with E-state index in [0.29, 0.717) is 26.2 Å². The van der Waals surface area contributed by atoms with Crippen LogP contribution in [0.1, 0.15) is 69.0 Å². The van der Waals surface area contributed by atoms with Crippen molar-refractivity contribution in [1.29, 1.82) is 0 Å². The second-order valence-electron chi connectivity index (χ2n) is 11.9. The van der Waals surface area contributed by atoms with E-state index in [9.17, 15) is 19.5 Å². The number of piperazine rings is 1. The van der Waals surface area contributed by atoms with Crippen LogP contribution in [-0.4, -0.2) is 71.0 Å². The van der Waals surface area contributed by atoms with E-state index in [4.69, 9.17) is 4.74 Å². The normalized spacial score (nSPS) is 18.6. The van der Waals surface area contributed by atoms with Crippen LogP contribution in [0.4, 0.5) is 4.79 Å². The summed E-state index contributed by atoms with van der Waals surface area (Å²) in [5.74, 6) is 0.964. The van der Waals surface area contributed by atoms with E-state index < -0.39 is 17.0 Å². The van der Waals surface area contributed by atoms with Gasteiger partial charge in [0.25, 0.3) is 0 Å². The number of ketones is 1. The molecule has 8 heteroatoms. The quantitative estimate of drug-likeness (QED) is 0.415. The zero-order chi connectivity index (χ0) is 28.2. The lowest BCUT2D eigenvalue weighted by molar-refractivity contribution is -0.143. The molecule has 0 radical (unpaired) electrons. The number of ether oxygens (including phenoxy) is 1. The lowest BCUT2D eigenvalue weighted by Crippen LogP contribution is -2.66. The van der Waals surface area contributed by atoms with Gasteiger partial charge < -0.3 is 20.1 Å². The molecule has 1 aliphatic carbocycles. The molecule has 0 spiro atoms. The van der Waals surface area contributed by atoms with Gasteiger partial charge in [0.05, 0.1) is 0 Å². The summed E-state index contributed by atoms with van der Waals surface area (Å²) in [6.07, 6.45) is 1.39. The summed E-state index contributed by atoms with van der Waals surface area (Å²) in [5.41, 5.74) is 0.0368. The largest absolute Gasteiger partial charge is 0.486 e. The average molecular weight is 536 g/mol. The number of amides is 2. The van der Waals surface area contributed by atoms with Gasteiger partial charge in [0.1, 0.15) is 17.4 Å². The molecule has 2 fully saturated rings. The first-order valence-corrected chi connectivity index (χ1v) is 13.9. The van der Waals surface area contributed by atoms with Crippen LogP contribution in [0.3, 0.4) is 0 Å². The second-order valence-corrected chi connectivity index (χ2v) is 11.9. The number of nitrogens with zero attached hydrogens (tertiary/aromatic N) is 2. The maximum Gasteiger partial charge on any atom is 0.405 e. The molecule has 2 atom stereocenters. The molecule has 0 unspecified atom stereocenters. The van der Waals surface area contributed by atoms with E-state index in [2.05, 4.69) is 22.3 Å². The Labute approximate surface area is 231 Å². The van der Waals surface area contributed by atoms with Crippen LogP contribution in [0.5, 0.6) is 5.75 Å². The fraction of sp³-hybridized carbons (Fsp3) is 0.516. The van der Waals surface area contributed by atoms with Crippen molar-refractivity contribution in [3.05, 3.63) is 65.7 Å². The fourth-order valence-electron chi connectivity index (χ4n) is 4.97. The molecular formula is C31H41N3O5. The van der Waals surface area contributed by atoms with Crippen LogP contribution < -0.4 is 10.1 Å². The maximum atomic E-state index is 13.4. The van der Waals surface area contributed by atoms with Gasteiger partial charge in [-0.25, -0.2) is 4.79 Å². The lowest BCUT2D eigenvalue weighted by atomic mass is 9.73. The van der Waals surface area contributed by atoms with E-state index in [0.717, 1.165) is 42.7 Å². The van der Waals surface area contributed by atoms with Gasteiger partial charge in [-0.1, -0.05) is 51.1 Å². The summed E-state index contributed by atoms with van der Waals surface area (Å²) >= 11 is 0. The summed E-state index contributed by atoms with van der Waals surface area (Å²) in [5, 5.41) is 11.8. The minimum Gasteiger partial charge on any atom is -0.486 e. The molecule has 2 aromatic carbocycles. The SMILES string of the molecule is CC(C)(C)[C@@](C)(NC(=O)O)C(=O)N1CCN(CC[C@H](Oc2ccc(C(=O)C3CC3)cc2)c2ccccc2)CC1. The van der Waals surface area contributed by atoms with Crippen LogP contribution in [0.15, 0.2) is 54.6 Å². The van der Waals surface area contributed by atoms with Crippen molar-refractivity contribution in [3.63, 3.8) is 0 Å². The minimum absolute atomic E-state index is 0.153. The number of carbonyl (C=O) groups is 3. The average Bonchev–Trinajstić information content (AvgIpc) is 3.76. The Morgan fingerprint density at radius 2 is 1.56 bits per heavy atom. The molecule has 1 aliphatic heterocycles. The molecule has 210 valence electrons.